The minimum absolute atomic E-state index is 0.216. The van der Waals surface area contributed by atoms with E-state index in [-0.39, 0.29) is 12.0 Å². The number of rotatable bonds is 7. The number of carbonyl (C=O) groups is 1. The average Bonchev–Trinajstić information content (AvgIpc) is 2.43. The molecule has 1 atom stereocenters. The first kappa shape index (κ1) is 14.5. The van der Waals surface area contributed by atoms with Crippen LogP contribution in [0, 0.1) is 0 Å². The second-order valence-electron chi connectivity index (χ2n) is 4.25. The SMILES string of the molecule is CCCNC(CN(C)c1ccccc1)C(=O)OC. The molecule has 0 amide bonds. The van der Waals surface area contributed by atoms with Crippen LogP contribution in [0.3, 0.4) is 0 Å². The minimum Gasteiger partial charge on any atom is -0.468 e. The maximum Gasteiger partial charge on any atom is 0.324 e. The summed E-state index contributed by atoms with van der Waals surface area (Å²) in [4.78, 5) is 13.7. The summed E-state index contributed by atoms with van der Waals surface area (Å²) in [5.74, 6) is -0.216. The van der Waals surface area contributed by atoms with Gasteiger partial charge in [0.25, 0.3) is 0 Å². The molecule has 100 valence electrons. The van der Waals surface area contributed by atoms with E-state index in [2.05, 4.69) is 12.2 Å². The van der Waals surface area contributed by atoms with E-state index in [1.165, 1.54) is 7.11 Å². The Bertz CT molecular complexity index is 354. The van der Waals surface area contributed by atoms with Crippen molar-refractivity contribution in [3.8, 4) is 0 Å². The third kappa shape index (κ3) is 4.37. The first-order valence-corrected chi connectivity index (χ1v) is 6.26. The van der Waals surface area contributed by atoms with Gasteiger partial charge in [0.1, 0.15) is 6.04 Å². The van der Waals surface area contributed by atoms with Crippen molar-refractivity contribution < 1.29 is 9.53 Å². The number of anilines is 1. The first-order valence-electron chi connectivity index (χ1n) is 6.26. The molecule has 18 heavy (non-hydrogen) atoms. The van der Waals surface area contributed by atoms with Crippen molar-refractivity contribution in [2.75, 3.05) is 32.1 Å². The van der Waals surface area contributed by atoms with Crippen molar-refractivity contribution in [1.29, 1.82) is 0 Å². The van der Waals surface area contributed by atoms with Crippen molar-refractivity contribution in [2.24, 2.45) is 0 Å². The minimum atomic E-state index is -0.292. The first-order chi connectivity index (χ1) is 8.69. The zero-order valence-electron chi connectivity index (χ0n) is 11.3. The summed E-state index contributed by atoms with van der Waals surface area (Å²) in [6.45, 7) is 3.47. The molecular weight excluding hydrogens is 228 g/mol. The molecule has 0 bridgehead atoms. The van der Waals surface area contributed by atoms with Gasteiger partial charge in [0, 0.05) is 19.3 Å². The highest BCUT2D eigenvalue weighted by atomic mass is 16.5. The summed E-state index contributed by atoms with van der Waals surface area (Å²) in [5, 5.41) is 3.20. The summed E-state index contributed by atoms with van der Waals surface area (Å²) in [6.07, 6.45) is 0.989. The fourth-order valence-electron chi connectivity index (χ4n) is 1.74. The van der Waals surface area contributed by atoms with Crippen LogP contribution in [-0.2, 0) is 9.53 Å². The van der Waals surface area contributed by atoms with Gasteiger partial charge in [-0.3, -0.25) is 4.79 Å². The van der Waals surface area contributed by atoms with Crippen molar-refractivity contribution in [3.63, 3.8) is 0 Å². The number of nitrogens with zero attached hydrogens (tertiary/aromatic N) is 1. The van der Waals surface area contributed by atoms with Crippen LogP contribution in [0.25, 0.3) is 0 Å². The van der Waals surface area contributed by atoms with Gasteiger partial charge in [-0.05, 0) is 25.1 Å². The second-order valence-corrected chi connectivity index (χ2v) is 4.25. The van der Waals surface area contributed by atoms with Crippen LogP contribution in [0.1, 0.15) is 13.3 Å². The Labute approximate surface area is 109 Å². The Morgan fingerprint density at radius 3 is 2.61 bits per heavy atom. The standard InChI is InChI=1S/C14H22N2O2/c1-4-10-15-13(14(17)18-3)11-16(2)12-8-6-5-7-9-12/h5-9,13,15H,4,10-11H2,1-3H3. The van der Waals surface area contributed by atoms with Crippen molar-refractivity contribution in [3.05, 3.63) is 30.3 Å². The smallest absolute Gasteiger partial charge is 0.324 e. The third-order valence-corrected chi connectivity index (χ3v) is 2.78. The molecule has 1 N–H and O–H groups in total. The molecule has 4 heteroatoms. The van der Waals surface area contributed by atoms with E-state index in [1.54, 1.807) is 0 Å². The lowest BCUT2D eigenvalue weighted by atomic mass is 10.2. The van der Waals surface area contributed by atoms with Crippen molar-refractivity contribution in [2.45, 2.75) is 19.4 Å². The predicted molar refractivity (Wildman–Crippen MR) is 73.8 cm³/mol. The van der Waals surface area contributed by atoms with E-state index < -0.39 is 0 Å². The lowest BCUT2D eigenvalue weighted by Crippen LogP contribution is -2.46. The van der Waals surface area contributed by atoms with Gasteiger partial charge in [-0.25, -0.2) is 0 Å². The molecule has 1 aromatic carbocycles. The van der Waals surface area contributed by atoms with Gasteiger partial charge < -0.3 is 15.0 Å². The number of esters is 1. The molecule has 0 spiro atoms. The summed E-state index contributed by atoms with van der Waals surface area (Å²) in [6, 6.07) is 9.70. The predicted octanol–water partition coefficient (Wildman–Crippen LogP) is 1.66. The molecule has 0 aliphatic heterocycles. The van der Waals surface area contributed by atoms with Crippen LogP contribution in [0.4, 0.5) is 5.69 Å². The van der Waals surface area contributed by atoms with Gasteiger partial charge in [0.2, 0.25) is 0 Å². The number of hydrogen-bond donors (Lipinski definition) is 1. The fraction of sp³-hybridized carbons (Fsp3) is 0.500. The Hall–Kier alpha value is -1.55. The molecule has 0 aliphatic rings. The molecule has 0 aromatic heterocycles. The topological polar surface area (TPSA) is 41.6 Å². The number of methoxy groups -OCH3 is 1. The lowest BCUT2D eigenvalue weighted by molar-refractivity contribution is -0.142. The summed E-state index contributed by atoms with van der Waals surface area (Å²) in [7, 11) is 3.39. The van der Waals surface area contributed by atoms with Gasteiger partial charge in [-0.1, -0.05) is 25.1 Å². The van der Waals surface area contributed by atoms with Gasteiger partial charge in [-0.15, -0.1) is 0 Å². The van der Waals surface area contributed by atoms with Gasteiger partial charge in [0.15, 0.2) is 0 Å². The lowest BCUT2D eigenvalue weighted by Gasteiger charge is -2.25. The van der Waals surface area contributed by atoms with Crippen LogP contribution < -0.4 is 10.2 Å². The number of ether oxygens (including phenoxy) is 1. The Morgan fingerprint density at radius 2 is 2.06 bits per heavy atom. The van der Waals surface area contributed by atoms with E-state index in [0.29, 0.717) is 6.54 Å². The molecule has 1 aromatic rings. The summed E-state index contributed by atoms with van der Waals surface area (Å²) >= 11 is 0. The Morgan fingerprint density at radius 1 is 1.39 bits per heavy atom. The molecule has 1 rings (SSSR count). The maximum absolute atomic E-state index is 11.7. The number of carbonyl (C=O) groups excluding carboxylic acids is 1. The number of likely N-dealkylation sites (N-methyl/N-ethyl adjacent to an activating group) is 1. The maximum atomic E-state index is 11.7. The second kappa shape index (κ2) is 7.71. The summed E-state index contributed by atoms with van der Waals surface area (Å²) < 4.78 is 4.82. The van der Waals surface area contributed by atoms with Crippen molar-refractivity contribution >= 4 is 11.7 Å². The highest BCUT2D eigenvalue weighted by Crippen LogP contribution is 2.11. The van der Waals surface area contributed by atoms with E-state index in [9.17, 15) is 4.79 Å². The molecule has 4 nitrogen and oxygen atoms in total. The zero-order chi connectivity index (χ0) is 13.4. The number of para-hydroxylation sites is 1. The van der Waals surface area contributed by atoms with Crippen LogP contribution in [0.5, 0.6) is 0 Å². The van der Waals surface area contributed by atoms with Crippen molar-refractivity contribution in [1.82, 2.24) is 5.32 Å². The zero-order valence-corrected chi connectivity index (χ0v) is 11.3. The van der Waals surface area contributed by atoms with E-state index in [0.717, 1.165) is 18.7 Å². The number of benzene rings is 1. The van der Waals surface area contributed by atoms with Crippen LogP contribution in [0.2, 0.25) is 0 Å². The van der Waals surface area contributed by atoms with Crippen LogP contribution in [0.15, 0.2) is 30.3 Å². The van der Waals surface area contributed by atoms with E-state index in [1.807, 2.05) is 42.3 Å². The molecular formula is C14H22N2O2. The highest BCUT2D eigenvalue weighted by Gasteiger charge is 2.20. The molecule has 0 saturated heterocycles. The van der Waals surface area contributed by atoms with E-state index in [4.69, 9.17) is 4.74 Å². The number of hydrogen-bond acceptors (Lipinski definition) is 4. The van der Waals surface area contributed by atoms with Crippen LogP contribution in [-0.4, -0.2) is 39.3 Å². The van der Waals surface area contributed by atoms with Gasteiger partial charge in [-0.2, -0.15) is 0 Å². The average molecular weight is 250 g/mol. The fourth-order valence-corrected chi connectivity index (χ4v) is 1.74. The molecule has 0 aliphatic carbocycles. The van der Waals surface area contributed by atoms with Gasteiger partial charge >= 0.3 is 5.97 Å². The highest BCUT2D eigenvalue weighted by molar-refractivity contribution is 5.76. The third-order valence-electron chi connectivity index (χ3n) is 2.78. The molecule has 0 fully saturated rings. The Balaban J connectivity index is 2.62. The Kier molecular flexibility index (Phi) is 6.22. The van der Waals surface area contributed by atoms with E-state index >= 15 is 0 Å². The normalized spacial score (nSPS) is 11.9. The largest absolute Gasteiger partial charge is 0.468 e. The summed E-state index contributed by atoms with van der Waals surface area (Å²) in [5.41, 5.74) is 1.09. The van der Waals surface area contributed by atoms with Gasteiger partial charge in [0.05, 0.1) is 7.11 Å². The quantitative estimate of drug-likeness (QED) is 0.747. The molecule has 1 unspecified atom stereocenters. The molecule has 0 heterocycles. The van der Waals surface area contributed by atoms with Crippen LogP contribution >= 0.6 is 0 Å². The number of nitrogens with one attached hydrogen (secondary N) is 1. The molecule has 0 saturated carbocycles. The molecule has 0 radical (unpaired) electrons. The monoisotopic (exact) mass is 250 g/mol.